The van der Waals surface area contributed by atoms with Gasteiger partial charge in [-0.3, -0.25) is 0 Å². The first-order valence-electron chi connectivity index (χ1n) is 6.05. The van der Waals surface area contributed by atoms with E-state index in [2.05, 4.69) is 55.0 Å². The van der Waals surface area contributed by atoms with Crippen molar-refractivity contribution in [2.24, 2.45) is 11.3 Å². The van der Waals surface area contributed by atoms with Gasteiger partial charge in [0.15, 0.2) is 0 Å². The summed E-state index contributed by atoms with van der Waals surface area (Å²) in [6, 6.07) is 6.10. The maximum absolute atomic E-state index is 5.85. The Balaban J connectivity index is 2.44. The molecule has 17 heavy (non-hydrogen) atoms. The Kier molecular flexibility index (Phi) is 5.02. The minimum absolute atomic E-state index is 0.353. The molecule has 0 amide bonds. The van der Waals surface area contributed by atoms with Crippen LogP contribution >= 0.6 is 15.9 Å². The van der Waals surface area contributed by atoms with Crippen LogP contribution in [0.1, 0.15) is 33.3 Å². The zero-order chi connectivity index (χ0) is 13.1. The Labute approximate surface area is 113 Å². The number of hydrogen-bond donors (Lipinski definition) is 2. The van der Waals surface area contributed by atoms with Crippen LogP contribution in [0.15, 0.2) is 22.7 Å². The summed E-state index contributed by atoms with van der Waals surface area (Å²) in [6.07, 6.45) is 0. The molecule has 0 aromatic heterocycles. The molecule has 0 saturated carbocycles. The maximum atomic E-state index is 5.85. The summed E-state index contributed by atoms with van der Waals surface area (Å²) in [4.78, 5) is 0. The smallest absolute Gasteiger partial charge is 0.0461 e. The van der Waals surface area contributed by atoms with Crippen molar-refractivity contribution in [1.29, 1.82) is 0 Å². The van der Waals surface area contributed by atoms with Gasteiger partial charge in [-0.05, 0) is 51.5 Å². The molecule has 1 atom stereocenters. The highest BCUT2D eigenvalue weighted by Crippen LogP contribution is 2.24. The number of rotatable bonds is 4. The van der Waals surface area contributed by atoms with Gasteiger partial charge >= 0.3 is 0 Å². The van der Waals surface area contributed by atoms with Crippen LogP contribution in [-0.2, 0) is 6.54 Å². The van der Waals surface area contributed by atoms with Crippen molar-refractivity contribution in [3.63, 3.8) is 0 Å². The van der Waals surface area contributed by atoms with E-state index < -0.39 is 0 Å². The van der Waals surface area contributed by atoms with Gasteiger partial charge in [0.1, 0.15) is 0 Å². The third-order valence-corrected chi connectivity index (χ3v) is 4.04. The molecule has 2 nitrogen and oxygen atoms in total. The second kappa shape index (κ2) is 5.87. The molecule has 0 bridgehead atoms. The fraction of sp³-hybridized carbons (Fsp3) is 0.571. The molecule has 1 unspecified atom stereocenters. The van der Waals surface area contributed by atoms with E-state index >= 15 is 0 Å². The fourth-order valence-corrected chi connectivity index (χ4v) is 1.69. The van der Waals surface area contributed by atoms with Gasteiger partial charge in [0, 0.05) is 16.7 Å². The number of nitrogens with two attached hydrogens (primary N) is 1. The van der Waals surface area contributed by atoms with E-state index in [1.807, 2.05) is 12.1 Å². The standard InChI is InChI=1S/C14H23BrN2/c1-10(14(2,3)4)8-17-9-11-5-6-12(15)13(16)7-11/h5-7,10,17H,8-9,16H2,1-4H3. The van der Waals surface area contributed by atoms with Gasteiger partial charge in [-0.1, -0.05) is 33.8 Å². The highest BCUT2D eigenvalue weighted by Gasteiger charge is 2.19. The molecule has 0 saturated heterocycles. The van der Waals surface area contributed by atoms with Crippen molar-refractivity contribution >= 4 is 21.6 Å². The lowest BCUT2D eigenvalue weighted by molar-refractivity contribution is 0.252. The largest absolute Gasteiger partial charge is 0.398 e. The zero-order valence-electron chi connectivity index (χ0n) is 11.2. The quantitative estimate of drug-likeness (QED) is 0.830. The Morgan fingerprint density at radius 2 is 2.00 bits per heavy atom. The molecule has 0 fully saturated rings. The van der Waals surface area contributed by atoms with E-state index in [1.165, 1.54) is 5.56 Å². The molecule has 1 aromatic carbocycles. The number of benzene rings is 1. The van der Waals surface area contributed by atoms with E-state index in [1.54, 1.807) is 0 Å². The molecule has 0 aliphatic heterocycles. The van der Waals surface area contributed by atoms with Crippen LogP contribution in [0.4, 0.5) is 5.69 Å². The third-order valence-electron chi connectivity index (χ3n) is 3.32. The molecule has 0 aliphatic carbocycles. The molecule has 3 heteroatoms. The minimum Gasteiger partial charge on any atom is -0.398 e. The van der Waals surface area contributed by atoms with Gasteiger partial charge in [0.25, 0.3) is 0 Å². The van der Waals surface area contributed by atoms with E-state index in [9.17, 15) is 0 Å². The van der Waals surface area contributed by atoms with Crippen LogP contribution in [-0.4, -0.2) is 6.54 Å². The molecule has 1 rings (SSSR count). The Morgan fingerprint density at radius 3 is 2.53 bits per heavy atom. The number of nitrogens with one attached hydrogen (secondary N) is 1. The molecule has 0 spiro atoms. The predicted molar refractivity (Wildman–Crippen MR) is 78.9 cm³/mol. The summed E-state index contributed by atoms with van der Waals surface area (Å²) in [6.45, 7) is 11.0. The van der Waals surface area contributed by atoms with Crippen LogP contribution in [0.5, 0.6) is 0 Å². The van der Waals surface area contributed by atoms with Gasteiger partial charge in [-0.2, -0.15) is 0 Å². The number of anilines is 1. The van der Waals surface area contributed by atoms with E-state index in [0.717, 1.165) is 23.2 Å². The molecule has 0 radical (unpaired) electrons. The van der Waals surface area contributed by atoms with Crippen LogP contribution in [0, 0.1) is 11.3 Å². The number of nitrogen functional groups attached to an aromatic ring is 1. The summed E-state index contributed by atoms with van der Waals surface area (Å²) >= 11 is 3.40. The zero-order valence-corrected chi connectivity index (χ0v) is 12.8. The number of hydrogen-bond acceptors (Lipinski definition) is 2. The number of halogens is 1. The van der Waals surface area contributed by atoms with Gasteiger partial charge < -0.3 is 11.1 Å². The van der Waals surface area contributed by atoms with Crippen molar-refractivity contribution < 1.29 is 0 Å². The van der Waals surface area contributed by atoms with E-state index in [4.69, 9.17) is 5.73 Å². The lowest BCUT2D eigenvalue weighted by Gasteiger charge is -2.27. The highest BCUT2D eigenvalue weighted by molar-refractivity contribution is 9.10. The first-order chi connectivity index (χ1) is 7.80. The third kappa shape index (κ3) is 4.68. The summed E-state index contributed by atoms with van der Waals surface area (Å²) < 4.78 is 0.962. The van der Waals surface area contributed by atoms with Crippen LogP contribution in [0.3, 0.4) is 0 Å². The van der Waals surface area contributed by atoms with Crippen LogP contribution in [0.25, 0.3) is 0 Å². The Morgan fingerprint density at radius 1 is 1.35 bits per heavy atom. The van der Waals surface area contributed by atoms with Crippen LogP contribution in [0.2, 0.25) is 0 Å². The average molecular weight is 299 g/mol. The molecule has 0 heterocycles. The lowest BCUT2D eigenvalue weighted by Crippen LogP contribution is -2.29. The summed E-state index contributed by atoms with van der Waals surface area (Å²) in [5, 5.41) is 3.48. The molecular formula is C14H23BrN2. The molecular weight excluding hydrogens is 276 g/mol. The van der Waals surface area contributed by atoms with E-state index in [-0.39, 0.29) is 0 Å². The topological polar surface area (TPSA) is 38.0 Å². The second-order valence-electron chi connectivity index (χ2n) is 5.75. The Bertz CT molecular complexity index is 369. The van der Waals surface area contributed by atoms with Gasteiger partial charge in [-0.15, -0.1) is 0 Å². The van der Waals surface area contributed by atoms with E-state index in [0.29, 0.717) is 11.3 Å². The monoisotopic (exact) mass is 298 g/mol. The maximum Gasteiger partial charge on any atom is 0.0461 e. The summed E-state index contributed by atoms with van der Waals surface area (Å²) in [7, 11) is 0. The van der Waals surface area contributed by atoms with Crippen molar-refractivity contribution in [2.75, 3.05) is 12.3 Å². The second-order valence-corrected chi connectivity index (χ2v) is 6.61. The molecule has 1 aromatic rings. The Hall–Kier alpha value is -0.540. The minimum atomic E-state index is 0.353. The lowest BCUT2D eigenvalue weighted by atomic mass is 9.82. The molecule has 96 valence electrons. The first-order valence-corrected chi connectivity index (χ1v) is 6.84. The average Bonchev–Trinajstić information content (AvgIpc) is 2.22. The summed E-state index contributed by atoms with van der Waals surface area (Å²) in [5.41, 5.74) is 8.23. The first kappa shape index (κ1) is 14.5. The SMILES string of the molecule is CC(CNCc1ccc(Br)c(N)c1)C(C)(C)C. The van der Waals surface area contributed by atoms with Crippen molar-refractivity contribution in [2.45, 2.75) is 34.2 Å². The van der Waals surface area contributed by atoms with Crippen molar-refractivity contribution in [3.05, 3.63) is 28.2 Å². The highest BCUT2D eigenvalue weighted by atomic mass is 79.9. The van der Waals surface area contributed by atoms with Gasteiger partial charge in [0.05, 0.1) is 0 Å². The van der Waals surface area contributed by atoms with Gasteiger partial charge in [0.2, 0.25) is 0 Å². The van der Waals surface area contributed by atoms with Crippen molar-refractivity contribution in [1.82, 2.24) is 5.32 Å². The normalized spacial score (nSPS) is 13.7. The van der Waals surface area contributed by atoms with Crippen molar-refractivity contribution in [3.8, 4) is 0 Å². The van der Waals surface area contributed by atoms with Crippen LogP contribution < -0.4 is 11.1 Å². The molecule has 0 aliphatic rings. The fourth-order valence-electron chi connectivity index (χ4n) is 1.44. The molecule has 3 N–H and O–H groups in total. The van der Waals surface area contributed by atoms with Gasteiger partial charge in [-0.25, -0.2) is 0 Å². The summed E-state index contributed by atoms with van der Waals surface area (Å²) in [5.74, 6) is 0.648. The predicted octanol–water partition coefficient (Wildman–Crippen LogP) is 3.80.